The lowest BCUT2D eigenvalue weighted by Gasteiger charge is -2.04. The first kappa shape index (κ1) is 12.5. The lowest BCUT2D eigenvalue weighted by atomic mass is 10.1. The van der Waals surface area contributed by atoms with Crippen LogP contribution in [0.2, 0.25) is 0 Å². The maximum atomic E-state index is 11.2. The van der Waals surface area contributed by atoms with Gasteiger partial charge in [0.2, 0.25) is 5.91 Å². The number of carbonyl (C=O) groups is 1. The fourth-order valence-electron chi connectivity index (χ4n) is 1.45. The van der Waals surface area contributed by atoms with E-state index in [1.54, 1.807) is 6.92 Å². The van der Waals surface area contributed by atoms with E-state index in [0.717, 1.165) is 25.8 Å². The molecule has 0 spiro atoms. The first-order valence-corrected chi connectivity index (χ1v) is 5.68. The highest BCUT2D eigenvalue weighted by Crippen LogP contribution is 2.03. The molecule has 1 N–H and O–H groups in total. The van der Waals surface area contributed by atoms with Crippen LogP contribution in [0.4, 0.5) is 0 Å². The van der Waals surface area contributed by atoms with Gasteiger partial charge in [0.1, 0.15) is 0 Å². The quantitative estimate of drug-likeness (QED) is 0.576. The molecule has 86 valence electrons. The van der Waals surface area contributed by atoms with Gasteiger partial charge in [0.05, 0.1) is 0 Å². The van der Waals surface area contributed by atoms with Gasteiger partial charge in [0, 0.05) is 12.1 Å². The van der Waals surface area contributed by atoms with Gasteiger partial charge < -0.3 is 5.32 Å². The molecule has 0 aromatic heterocycles. The molecule has 0 aliphatic heterocycles. The third-order valence-corrected chi connectivity index (χ3v) is 2.41. The molecular formula is C14H19NO. The Morgan fingerprint density at radius 1 is 1.25 bits per heavy atom. The van der Waals surface area contributed by atoms with Crippen molar-refractivity contribution in [3.05, 3.63) is 48.0 Å². The average molecular weight is 217 g/mol. The first-order valence-electron chi connectivity index (χ1n) is 5.68. The molecule has 2 nitrogen and oxygen atoms in total. The molecule has 0 heterocycles. The molecule has 1 aromatic carbocycles. The Labute approximate surface area is 97.4 Å². The number of unbranched alkanes of at least 4 members (excludes halogenated alkanes) is 1. The van der Waals surface area contributed by atoms with Gasteiger partial charge in [0.25, 0.3) is 0 Å². The van der Waals surface area contributed by atoms with Crippen molar-refractivity contribution in [1.82, 2.24) is 5.32 Å². The van der Waals surface area contributed by atoms with Crippen molar-refractivity contribution in [1.29, 1.82) is 0 Å². The molecular weight excluding hydrogens is 198 g/mol. The first-order chi connectivity index (χ1) is 7.70. The molecule has 1 aromatic rings. The second-order valence-electron chi connectivity index (χ2n) is 3.98. The SMILES string of the molecule is C=C(C)C(=O)NCCCCc1ccccc1. The highest BCUT2D eigenvalue weighted by molar-refractivity contribution is 5.91. The van der Waals surface area contributed by atoms with Gasteiger partial charge in [-0.05, 0) is 31.7 Å². The Morgan fingerprint density at radius 2 is 1.94 bits per heavy atom. The van der Waals surface area contributed by atoms with E-state index in [-0.39, 0.29) is 5.91 Å². The standard InChI is InChI=1S/C14H19NO/c1-12(2)14(16)15-11-7-6-10-13-8-4-3-5-9-13/h3-5,8-9H,1,6-7,10-11H2,2H3,(H,15,16). The summed E-state index contributed by atoms with van der Waals surface area (Å²) >= 11 is 0. The van der Waals surface area contributed by atoms with Gasteiger partial charge in [-0.3, -0.25) is 4.79 Å². The molecule has 0 atom stereocenters. The summed E-state index contributed by atoms with van der Waals surface area (Å²) in [5.74, 6) is -0.0419. The van der Waals surface area contributed by atoms with Crippen molar-refractivity contribution < 1.29 is 4.79 Å². The van der Waals surface area contributed by atoms with Crippen molar-refractivity contribution in [3.63, 3.8) is 0 Å². The van der Waals surface area contributed by atoms with Crippen LogP contribution < -0.4 is 5.32 Å². The summed E-state index contributed by atoms with van der Waals surface area (Å²) < 4.78 is 0. The normalized spacial score (nSPS) is 9.81. The van der Waals surface area contributed by atoms with Gasteiger partial charge in [-0.25, -0.2) is 0 Å². The zero-order chi connectivity index (χ0) is 11.8. The number of hydrogen-bond acceptors (Lipinski definition) is 1. The van der Waals surface area contributed by atoms with Crippen LogP contribution >= 0.6 is 0 Å². The van der Waals surface area contributed by atoms with Crippen LogP contribution in [0.3, 0.4) is 0 Å². The summed E-state index contributed by atoms with van der Waals surface area (Å²) in [5.41, 5.74) is 1.93. The minimum absolute atomic E-state index is 0.0419. The monoisotopic (exact) mass is 217 g/mol. The van der Waals surface area contributed by atoms with Crippen molar-refractivity contribution in [2.75, 3.05) is 6.54 Å². The zero-order valence-electron chi connectivity index (χ0n) is 9.83. The third-order valence-electron chi connectivity index (χ3n) is 2.41. The summed E-state index contributed by atoms with van der Waals surface area (Å²) in [4.78, 5) is 11.2. The van der Waals surface area contributed by atoms with E-state index in [1.165, 1.54) is 5.56 Å². The predicted octanol–water partition coefficient (Wildman–Crippen LogP) is 2.70. The molecule has 1 amide bonds. The summed E-state index contributed by atoms with van der Waals surface area (Å²) in [6.07, 6.45) is 3.18. The molecule has 16 heavy (non-hydrogen) atoms. The smallest absolute Gasteiger partial charge is 0.246 e. The van der Waals surface area contributed by atoms with Crippen molar-refractivity contribution in [3.8, 4) is 0 Å². The summed E-state index contributed by atoms with van der Waals surface area (Å²) in [6, 6.07) is 10.4. The molecule has 0 aliphatic carbocycles. The molecule has 2 heteroatoms. The predicted molar refractivity (Wildman–Crippen MR) is 67.2 cm³/mol. The van der Waals surface area contributed by atoms with E-state index in [0.29, 0.717) is 5.57 Å². The van der Waals surface area contributed by atoms with Gasteiger partial charge in [0.15, 0.2) is 0 Å². The third kappa shape index (κ3) is 4.78. The Hall–Kier alpha value is -1.57. The van der Waals surface area contributed by atoms with Crippen LogP contribution in [-0.4, -0.2) is 12.5 Å². The van der Waals surface area contributed by atoms with E-state index >= 15 is 0 Å². The Morgan fingerprint density at radius 3 is 2.56 bits per heavy atom. The van der Waals surface area contributed by atoms with E-state index in [9.17, 15) is 4.79 Å². The van der Waals surface area contributed by atoms with Crippen molar-refractivity contribution in [2.24, 2.45) is 0 Å². The van der Waals surface area contributed by atoms with E-state index in [2.05, 4.69) is 36.2 Å². The molecule has 0 fully saturated rings. The zero-order valence-corrected chi connectivity index (χ0v) is 9.83. The minimum Gasteiger partial charge on any atom is -0.352 e. The maximum absolute atomic E-state index is 11.2. The fraction of sp³-hybridized carbons (Fsp3) is 0.357. The Balaban J connectivity index is 2.09. The highest BCUT2D eigenvalue weighted by atomic mass is 16.1. The molecule has 1 rings (SSSR count). The summed E-state index contributed by atoms with van der Waals surface area (Å²) in [7, 11) is 0. The number of carbonyl (C=O) groups excluding carboxylic acids is 1. The molecule has 0 saturated heterocycles. The minimum atomic E-state index is -0.0419. The van der Waals surface area contributed by atoms with Gasteiger partial charge in [-0.15, -0.1) is 0 Å². The number of aryl methyl sites for hydroxylation is 1. The van der Waals surface area contributed by atoms with Crippen LogP contribution in [-0.2, 0) is 11.2 Å². The second kappa shape index (κ2) is 6.83. The number of rotatable bonds is 6. The lowest BCUT2D eigenvalue weighted by Crippen LogP contribution is -2.24. The molecule has 0 radical (unpaired) electrons. The average Bonchev–Trinajstić information content (AvgIpc) is 2.29. The van der Waals surface area contributed by atoms with Gasteiger partial charge in [-0.2, -0.15) is 0 Å². The molecule has 0 unspecified atom stereocenters. The van der Waals surface area contributed by atoms with E-state index < -0.39 is 0 Å². The second-order valence-corrected chi connectivity index (χ2v) is 3.98. The lowest BCUT2D eigenvalue weighted by molar-refractivity contribution is -0.117. The van der Waals surface area contributed by atoms with Gasteiger partial charge >= 0.3 is 0 Å². The molecule has 0 bridgehead atoms. The molecule has 0 aliphatic rings. The number of amides is 1. The van der Waals surface area contributed by atoms with Crippen LogP contribution in [0.5, 0.6) is 0 Å². The maximum Gasteiger partial charge on any atom is 0.246 e. The highest BCUT2D eigenvalue weighted by Gasteiger charge is 1.99. The number of hydrogen-bond donors (Lipinski definition) is 1. The summed E-state index contributed by atoms with van der Waals surface area (Å²) in [6.45, 7) is 6.05. The topological polar surface area (TPSA) is 29.1 Å². The van der Waals surface area contributed by atoms with Gasteiger partial charge in [-0.1, -0.05) is 36.9 Å². The van der Waals surface area contributed by atoms with Crippen LogP contribution in [0, 0.1) is 0 Å². The van der Waals surface area contributed by atoms with E-state index in [4.69, 9.17) is 0 Å². The van der Waals surface area contributed by atoms with Crippen molar-refractivity contribution >= 4 is 5.91 Å². The van der Waals surface area contributed by atoms with Crippen LogP contribution in [0.15, 0.2) is 42.5 Å². The fourth-order valence-corrected chi connectivity index (χ4v) is 1.45. The largest absolute Gasteiger partial charge is 0.352 e. The Bertz CT molecular complexity index is 343. The van der Waals surface area contributed by atoms with Crippen LogP contribution in [0.1, 0.15) is 25.3 Å². The van der Waals surface area contributed by atoms with Crippen molar-refractivity contribution in [2.45, 2.75) is 26.2 Å². The Kier molecular flexibility index (Phi) is 5.34. The number of benzene rings is 1. The summed E-state index contributed by atoms with van der Waals surface area (Å²) in [5, 5.41) is 2.83. The van der Waals surface area contributed by atoms with Crippen LogP contribution in [0.25, 0.3) is 0 Å². The van der Waals surface area contributed by atoms with E-state index in [1.807, 2.05) is 6.07 Å². The molecule has 0 saturated carbocycles. The number of nitrogens with one attached hydrogen (secondary N) is 1.